The summed E-state index contributed by atoms with van der Waals surface area (Å²) in [7, 11) is 0. The molecule has 0 aliphatic carbocycles. The van der Waals surface area contributed by atoms with Gasteiger partial charge in [-0.15, -0.1) is 0 Å². The summed E-state index contributed by atoms with van der Waals surface area (Å²) in [6.45, 7) is 7.29. The first kappa shape index (κ1) is 22.1. The lowest BCUT2D eigenvalue weighted by Gasteiger charge is -2.11. The molecule has 35 heavy (non-hydrogen) atoms. The van der Waals surface area contributed by atoms with E-state index in [9.17, 15) is 4.79 Å². The molecule has 0 aliphatic heterocycles. The first-order valence-corrected chi connectivity index (χ1v) is 11.5. The van der Waals surface area contributed by atoms with E-state index in [1.54, 1.807) is 12.3 Å². The molecule has 5 aromatic rings. The molecule has 1 N–H and O–H groups in total. The molecule has 0 saturated carbocycles. The average Bonchev–Trinajstić information content (AvgIpc) is 2.89. The maximum absolute atomic E-state index is 13.1. The molecule has 0 radical (unpaired) electrons. The number of hydrogen-bond donors (Lipinski definition) is 1. The Labute approximate surface area is 204 Å². The lowest BCUT2D eigenvalue weighted by atomic mass is 9.98. The highest BCUT2D eigenvalue weighted by Gasteiger charge is 2.10. The third-order valence-electron chi connectivity index (χ3n) is 5.92. The van der Waals surface area contributed by atoms with Gasteiger partial charge in [0.25, 0.3) is 0 Å². The van der Waals surface area contributed by atoms with Crippen molar-refractivity contribution in [1.82, 2.24) is 4.98 Å². The number of carbonyl (C=O) groups is 1. The van der Waals surface area contributed by atoms with Gasteiger partial charge in [-0.25, -0.2) is 4.85 Å². The number of nitrogens with one attached hydrogen (secondary N) is 1. The average molecular weight is 454 g/mol. The van der Waals surface area contributed by atoms with E-state index >= 15 is 0 Å². The van der Waals surface area contributed by atoms with Crippen LogP contribution in [0.2, 0.25) is 0 Å². The number of benzene rings is 4. The number of anilines is 2. The van der Waals surface area contributed by atoms with Crippen molar-refractivity contribution in [2.24, 2.45) is 0 Å². The molecular formula is C31H23N3O. The number of ketones is 1. The van der Waals surface area contributed by atoms with Gasteiger partial charge in [-0.3, -0.25) is 9.78 Å². The zero-order valence-electron chi connectivity index (χ0n) is 19.1. The van der Waals surface area contributed by atoms with Crippen LogP contribution in [0.15, 0.2) is 109 Å². The molecule has 0 saturated heterocycles. The molecule has 4 heteroatoms. The number of fused-ring (bicyclic) bond motifs is 1. The SMILES string of the molecule is [C-]#[N+]c1ccc2nccc(Nc3cccc(C(=O)Cc4cccc(Cc5ccccc5)c4)c3)c2c1. The van der Waals surface area contributed by atoms with E-state index in [0.717, 1.165) is 34.3 Å². The summed E-state index contributed by atoms with van der Waals surface area (Å²) in [5.74, 6) is 0.0698. The molecule has 4 nitrogen and oxygen atoms in total. The zero-order valence-corrected chi connectivity index (χ0v) is 19.1. The Bertz CT molecular complexity index is 1550. The fourth-order valence-corrected chi connectivity index (χ4v) is 4.21. The van der Waals surface area contributed by atoms with Gasteiger partial charge in [0.1, 0.15) is 0 Å². The van der Waals surface area contributed by atoms with E-state index < -0.39 is 0 Å². The second-order valence-electron chi connectivity index (χ2n) is 8.46. The van der Waals surface area contributed by atoms with Gasteiger partial charge in [0, 0.05) is 34.9 Å². The minimum atomic E-state index is 0.0698. The summed E-state index contributed by atoms with van der Waals surface area (Å²) < 4.78 is 0. The number of carbonyl (C=O) groups excluding carboxylic acids is 1. The maximum Gasteiger partial charge on any atom is 0.188 e. The Morgan fingerprint density at radius 3 is 2.46 bits per heavy atom. The van der Waals surface area contributed by atoms with Gasteiger partial charge in [0.2, 0.25) is 0 Å². The van der Waals surface area contributed by atoms with Crippen molar-refractivity contribution in [2.45, 2.75) is 12.8 Å². The van der Waals surface area contributed by atoms with Crippen LogP contribution in [-0.4, -0.2) is 10.8 Å². The summed E-state index contributed by atoms with van der Waals surface area (Å²) in [6.07, 6.45) is 2.93. The number of pyridine rings is 1. The van der Waals surface area contributed by atoms with E-state index in [-0.39, 0.29) is 5.78 Å². The van der Waals surface area contributed by atoms with Crippen LogP contribution in [0.3, 0.4) is 0 Å². The highest BCUT2D eigenvalue weighted by Crippen LogP contribution is 2.29. The van der Waals surface area contributed by atoms with Crippen LogP contribution in [0.5, 0.6) is 0 Å². The van der Waals surface area contributed by atoms with Crippen molar-refractivity contribution >= 4 is 33.7 Å². The number of hydrogen-bond acceptors (Lipinski definition) is 3. The molecule has 0 amide bonds. The fourth-order valence-electron chi connectivity index (χ4n) is 4.21. The Balaban J connectivity index is 1.33. The van der Waals surface area contributed by atoms with Gasteiger partial charge in [0.05, 0.1) is 12.1 Å². The summed E-state index contributed by atoms with van der Waals surface area (Å²) in [6, 6.07) is 33.4. The van der Waals surface area contributed by atoms with Crippen LogP contribution in [0.25, 0.3) is 15.7 Å². The molecule has 1 heterocycles. The Kier molecular flexibility index (Phi) is 6.32. The van der Waals surface area contributed by atoms with Gasteiger partial charge in [-0.2, -0.15) is 0 Å². The second kappa shape index (κ2) is 10.0. The molecule has 0 aliphatic rings. The largest absolute Gasteiger partial charge is 0.355 e. The summed E-state index contributed by atoms with van der Waals surface area (Å²) in [5.41, 5.74) is 7.14. The molecule has 5 rings (SSSR count). The van der Waals surface area contributed by atoms with E-state index in [1.165, 1.54) is 11.1 Å². The van der Waals surface area contributed by atoms with Gasteiger partial charge in [-0.05, 0) is 53.4 Å². The Morgan fingerprint density at radius 2 is 1.60 bits per heavy atom. The number of rotatable bonds is 7. The van der Waals surface area contributed by atoms with Crippen molar-refractivity contribution in [2.75, 3.05) is 5.32 Å². The fraction of sp³-hybridized carbons (Fsp3) is 0.0645. The topological polar surface area (TPSA) is 46.4 Å². The Hall–Kier alpha value is -4.75. The lowest BCUT2D eigenvalue weighted by molar-refractivity contribution is 0.0993. The minimum absolute atomic E-state index is 0.0698. The third kappa shape index (κ3) is 5.26. The molecule has 0 fully saturated rings. The predicted octanol–water partition coefficient (Wildman–Crippen LogP) is 7.55. The van der Waals surface area contributed by atoms with E-state index in [2.05, 4.69) is 39.4 Å². The Morgan fingerprint density at radius 1 is 0.800 bits per heavy atom. The van der Waals surface area contributed by atoms with Gasteiger partial charge < -0.3 is 5.32 Å². The smallest absolute Gasteiger partial charge is 0.188 e. The van der Waals surface area contributed by atoms with Crippen LogP contribution in [0.4, 0.5) is 17.1 Å². The predicted molar refractivity (Wildman–Crippen MR) is 141 cm³/mol. The van der Waals surface area contributed by atoms with Crippen molar-refractivity contribution in [1.29, 1.82) is 0 Å². The highest BCUT2D eigenvalue weighted by atomic mass is 16.1. The van der Waals surface area contributed by atoms with E-state index in [0.29, 0.717) is 17.7 Å². The highest BCUT2D eigenvalue weighted by molar-refractivity contribution is 5.99. The second-order valence-corrected chi connectivity index (χ2v) is 8.46. The van der Waals surface area contributed by atoms with Gasteiger partial charge in [0.15, 0.2) is 11.5 Å². The standard InChI is InChI=1S/C31H23N3O/c1-32-26-13-14-29-28(21-26)30(15-16-33-29)34-27-12-6-11-25(20-27)31(35)19-24-10-5-9-23(18-24)17-22-7-3-2-4-8-22/h2-16,18,20-21H,17,19H2,(H,33,34). The van der Waals surface area contributed by atoms with Crippen molar-refractivity contribution in [3.63, 3.8) is 0 Å². The molecule has 1 aromatic heterocycles. The van der Waals surface area contributed by atoms with Crippen LogP contribution in [-0.2, 0) is 12.8 Å². The molecule has 0 bridgehead atoms. The third-order valence-corrected chi connectivity index (χ3v) is 5.92. The molecule has 0 unspecified atom stereocenters. The van der Waals surface area contributed by atoms with Crippen LogP contribution < -0.4 is 5.32 Å². The van der Waals surface area contributed by atoms with E-state index in [1.807, 2.05) is 72.8 Å². The first-order valence-electron chi connectivity index (χ1n) is 11.5. The van der Waals surface area contributed by atoms with Gasteiger partial charge in [-0.1, -0.05) is 72.8 Å². The monoisotopic (exact) mass is 453 g/mol. The molecule has 4 aromatic carbocycles. The minimum Gasteiger partial charge on any atom is -0.355 e. The van der Waals surface area contributed by atoms with Crippen molar-refractivity contribution < 1.29 is 4.79 Å². The van der Waals surface area contributed by atoms with Gasteiger partial charge >= 0.3 is 0 Å². The van der Waals surface area contributed by atoms with Crippen LogP contribution in [0, 0.1) is 6.57 Å². The number of aromatic nitrogens is 1. The zero-order chi connectivity index (χ0) is 24.0. The normalized spacial score (nSPS) is 10.6. The maximum atomic E-state index is 13.1. The quantitative estimate of drug-likeness (QED) is 0.204. The number of nitrogens with zero attached hydrogens (tertiary/aromatic N) is 2. The molecular weight excluding hydrogens is 430 g/mol. The lowest BCUT2D eigenvalue weighted by Crippen LogP contribution is -2.05. The summed E-state index contributed by atoms with van der Waals surface area (Å²) in [5, 5.41) is 4.27. The molecule has 168 valence electrons. The summed E-state index contributed by atoms with van der Waals surface area (Å²) in [4.78, 5) is 21.0. The molecule has 0 atom stereocenters. The molecule has 0 spiro atoms. The van der Waals surface area contributed by atoms with Crippen molar-refractivity contribution in [3.8, 4) is 0 Å². The van der Waals surface area contributed by atoms with E-state index in [4.69, 9.17) is 6.57 Å². The van der Waals surface area contributed by atoms with Crippen molar-refractivity contribution in [3.05, 3.63) is 143 Å². The number of Topliss-reactive ketones (excluding diaryl/α,β-unsaturated/α-hetero) is 1. The van der Waals surface area contributed by atoms with Crippen LogP contribution in [0.1, 0.15) is 27.0 Å². The summed E-state index contributed by atoms with van der Waals surface area (Å²) >= 11 is 0. The first-order chi connectivity index (χ1) is 17.2. The van der Waals surface area contributed by atoms with Crippen LogP contribution >= 0.6 is 0 Å².